The Balaban J connectivity index is 1.90. The Morgan fingerprint density at radius 3 is 2.23 bits per heavy atom. The normalized spacial score (nSPS) is 16.7. The van der Waals surface area contributed by atoms with E-state index in [9.17, 15) is 14.7 Å². The molecule has 2 aromatic carbocycles. The second kappa shape index (κ2) is 11.6. The summed E-state index contributed by atoms with van der Waals surface area (Å²) < 4.78 is 18.2. The van der Waals surface area contributed by atoms with Gasteiger partial charge in [0.15, 0.2) is 11.5 Å². The average molecular weight is 535 g/mol. The molecule has 3 aromatic rings. The number of ketones is 1. The van der Waals surface area contributed by atoms with Crippen LogP contribution in [0.3, 0.4) is 0 Å². The van der Waals surface area contributed by atoms with E-state index in [2.05, 4.69) is 5.10 Å². The summed E-state index contributed by atoms with van der Waals surface area (Å²) >= 11 is 0. The van der Waals surface area contributed by atoms with E-state index in [0.717, 1.165) is 5.69 Å². The third-order valence-electron chi connectivity index (χ3n) is 6.81. The zero-order valence-electron chi connectivity index (χ0n) is 23.1. The Bertz CT molecular complexity index is 1370. The van der Waals surface area contributed by atoms with Crippen LogP contribution >= 0.6 is 0 Å². The van der Waals surface area contributed by atoms with Gasteiger partial charge in [-0.3, -0.25) is 9.59 Å². The fourth-order valence-corrected chi connectivity index (χ4v) is 4.89. The number of benzene rings is 2. The van der Waals surface area contributed by atoms with Crippen molar-refractivity contribution < 1.29 is 28.9 Å². The van der Waals surface area contributed by atoms with Crippen molar-refractivity contribution in [2.45, 2.75) is 19.4 Å². The molecule has 1 amide bonds. The molecule has 1 atom stereocenters. The number of para-hydroxylation sites is 1. The van der Waals surface area contributed by atoms with Crippen LogP contribution in [0.2, 0.25) is 0 Å². The second-order valence-corrected chi connectivity index (χ2v) is 9.50. The smallest absolute Gasteiger partial charge is 0.295 e. The summed E-state index contributed by atoms with van der Waals surface area (Å²) in [5.74, 6) is -0.599. The predicted molar refractivity (Wildman–Crippen MR) is 147 cm³/mol. The number of hydrogen-bond acceptors (Lipinski definition) is 8. The number of ether oxygens (including phenoxy) is 3. The number of nitrogens with zero attached hydrogens (tertiary/aromatic N) is 4. The van der Waals surface area contributed by atoms with Gasteiger partial charge in [0.25, 0.3) is 11.7 Å². The Hall–Kier alpha value is -4.31. The summed E-state index contributed by atoms with van der Waals surface area (Å²) in [6.45, 7) is 2.83. The molecular weight excluding hydrogens is 500 g/mol. The molecule has 0 unspecified atom stereocenters. The number of carbonyl (C=O) groups excluding carboxylic acids is 2. The summed E-state index contributed by atoms with van der Waals surface area (Å²) in [7, 11) is 8.38. The van der Waals surface area contributed by atoms with Crippen LogP contribution in [0.25, 0.3) is 11.4 Å². The van der Waals surface area contributed by atoms with E-state index in [1.807, 2.05) is 49.3 Å². The lowest BCUT2D eigenvalue weighted by Crippen LogP contribution is -2.32. The van der Waals surface area contributed by atoms with E-state index in [1.54, 1.807) is 23.7 Å². The van der Waals surface area contributed by atoms with Gasteiger partial charge in [0.2, 0.25) is 5.75 Å². The molecule has 0 bridgehead atoms. The lowest BCUT2D eigenvalue weighted by Gasteiger charge is -2.27. The van der Waals surface area contributed by atoms with Crippen molar-refractivity contribution in [3.05, 3.63) is 71.1 Å². The molecule has 1 saturated heterocycles. The van der Waals surface area contributed by atoms with Crippen molar-refractivity contribution in [2.75, 3.05) is 48.5 Å². The molecule has 0 radical (unpaired) electrons. The molecule has 0 aliphatic carbocycles. The first kappa shape index (κ1) is 27.7. The Morgan fingerprint density at radius 1 is 1.03 bits per heavy atom. The zero-order chi connectivity index (χ0) is 28.3. The van der Waals surface area contributed by atoms with Crippen LogP contribution in [-0.4, -0.2) is 84.9 Å². The van der Waals surface area contributed by atoms with Crippen LogP contribution < -0.4 is 14.2 Å². The third-order valence-corrected chi connectivity index (χ3v) is 6.81. The van der Waals surface area contributed by atoms with Crippen LogP contribution in [0, 0.1) is 6.92 Å². The summed E-state index contributed by atoms with van der Waals surface area (Å²) in [5.41, 5.74) is 2.32. The first-order chi connectivity index (χ1) is 18.7. The van der Waals surface area contributed by atoms with Crippen molar-refractivity contribution in [1.82, 2.24) is 19.6 Å². The van der Waals surface area contributed by atoms with Crippen LogP contribution in [0.4, 0.5) is 0 Å². The first-order valence-electron chi connectivity index (χ1n) is 12.6. The molecule has 1 N–H and O–H groups in total. The van der Waals surface area contributed by atoms with Crippen molar-refractivity contribution in [3.8, 4) is 22.9 Å². The Labute approximate surface area is 228 Å². The molecule has 0 saturated carbocycles. The van der Waals surface area contributed by atoms with Crippen LogP contribution in [0.5, 0.6) is 17.2 Å². The van der Waals surface area contributed by atoms with Gasteiger partial charge in [-0.15, -0.1) is 0 Å². The zero-order valence-corrected chi connectivity index (χ0v) is 23.1. The lowest BCUT2D eigenvalue weighted by molar-refractivity contribution is -0.139. The van der Waals surface area contributed by atoms with Crippen LogP contribution in [-0.2, 0) is 9.59 Å². The maximum atomic E-state index is 13.5. The third kappa shape index (κ3) is 5.20. The molecule has 1 aliphatic rings. The molecular formula is C29H34N4O6. The number of aromatic nitrogens is 2. The summed E-state index contributed by atoms with van der Waals surface area (Å²) in [5, 5.41) is 16.0. The molecule has 206 valence electrons. The molecule has 0 spiro atoms. The highest BCUT2D eigenvalue weighted by Crippen LogP contribution is 2.46. The molecule has 10 nitrogen and oxygen atoms in total. The number of rotatable bonds is 10. The van der Waals surface area contributed by atoms with E-state index in [1.165, 1.54) is 32.4 Å². The monoisotopic (exact) mass is 534 g/mol. The highest BCUT2D eigenvalue weighted by Gasteiger charge is 2.46. The number of methoxy groups -OCH3 is 3. The minimum Gasteiger partial charge on any atom is -0.507 e. The molecule has 4 rings (SSSR count). The number of Topliss-reactive ketones (excluding diaryl/α,β-unsaturated/α-hetero) is 1. The van der Waals surface area contributed by atoms with Gasteiger partial charge in [-0.1, -0.05) is 18.2 Å². The van der Waals surface area contributed by atoms with Crippen LogP contribution in [0.1, 0.15) is 29.3 Å². The summed E-state index contributed by atoms with van der Waals surface area (Å²) in [4.78, 5) is 30.4. The standard InChI is InChI=1S/C29H34N4O6/c1-18-21(17-30-33(18)20-11-8-7-9-12-20)26(34)24-25(32(29(36)27(24)35)14-10-13-31(2)3)19-15-22(37-4)28(39-6)23(16-19)38-5/h7-9,11-12,15-17,25,34H,10,13-14H2,1-6H3/t25-/m1/s1. The molecule has 1 aliphatic heterocycles. The molecule has 2 heterocycles. The number of hydrogen-bond donors (Lipinski definition) is 1. The second-order valence-electron chi connectivity index (χ2n) is 9.50. The van der Waals surface area contributed by atoms with Gasteiger partial charge in [0.1, 0.15) is 5.76 Å². The fourth-order valence-electron chi connectivity index (χ4n) is 4.89. The number of amides is 1. The van der Waals surface area contributed by atoms with Crippen molar-refractivity contribution in [3.63, 3.8) is 0 Å². The number of likely N-dealkylation sites (tertiary alicyclic amines) is 1. The largest absolute Gasteiger partial charge is 0.507 e. The average Bonchev–Trinajstić information content (AvgIpc) is 3.44. The van der Waals surface area contributed by atoms with Gasteiger partial charge >= 0.3 is 0 Å². The van der Waals surface area contributed by atoms with E-state index < -0.39 is 17.7 Å². The summed E-state index contributed by atoms with van der Waals surface area (Å²) in [6, 6.07) is 12.0. The first-order valence-corrected chi connectivity index (χ1v) is 12.6. The van der Waals surface area contributed by atoms with Gasteiger partial charge < -0.3 is 29.1 Å². The van der Waals surface area contributed by atoms with Crippen molar-refractivity contribution >= 4 is 17.4 Å². The number of aliphatic hydroxyl groups is 1. The Morgan fingerprint density at radius 2 is 1.67 bits per heavy atom. The topological polar surface area (TPSA) is 106 Å². The highest BCUT2D eigenvalue weighted by molar-refractivity contribution is 6.46. The summed E-state index contributed by atoms with van der Waals surface area (Å²) in [6.07, 6.45) is 2.13. The molecule has 10 heteroatoms. The quantitative estimate of drug-likeness (QED) is 0.239. The number of aliphatic hydroxyl groups excluding tert-OH is 1. The number of carbonyl (C=O) groups is 2. The van der Waals surface area contributed by atoms with Gasteiger partial charge in [0, 0.05) is 6.54 Å². The van der Waals surface area contributed by atoms with E-state index in [-0.39, 0.29) is 11.3 Å². The maximum Gasteiger partial charge on any atom is 0.295 e. The van der Waals surface area contributed by atoms with E-state index in [0.29, 0.717) is 53.6 Å². The van der Waals surface area contributed by atoms with Crippen molar-refractivity contribution in [2.24, 2.45) is 0 Å². The van der Waals surface area contributed by atoms with Gasteiger partial charge in [0.05, 0.1) is 56.1 Å². The molecule has 1 aromatic heterocycles. The minimum absolute atomic E-state index is 0.0187. The molecule has 1 fully saturated rings. The van der Waals surface area contributed by atoms with Gasteiger partial charge in [-0.05, 0) is 63.8 Å². The van der Waals surface area contributed by atoms with Gasteiger partial charge in [-0.2, -0.15) is 5.10 Å². The maximum absolute atomic E-state index is 13.5. The Kier molecular flexibility index (Phi) is 8.25. The minimum atomic E-state index is -0.875. The van der Waals surface area contributed by atoms with E-state index >= 15 is 0 Å². The molecule has 39 heavy (non-hydrogen) atoms. The SMILES string of the molecule is COc1cc([C@@H]2C(=C(O)c3cnn(-c4ccccc4)c3C)C(=O)C(=O)N2CCCN(C)C)cc(OC)c1OC. The van der Waals surface area contributed by atoms with Gasteiger partial charge in [-0.25, -0.2) is 4.68 Å². The van der Waals surface area contributed by atoms with Crippen LogP contribution in [0.15, 0.2) is 54.2 Å². The van der Waals surface area contributed by atoms with E-state index in [4.69, 9.17) is 14.2 Å². The van der Waals surface area contributed by atoms with Crippen molar-refractivity contribution in [1.29, 1.82) is 0 Å². The predicted octanol–water partition coefficient (Wildman–Crippen LogP) is 3.58. The lowest BCUT2D eigenvalue weighted by atomic mass is 9.94. The highest BCUT2D eigenvalue weighted by atomic mass is 16.5. The fraction of sp³-hybridized carbons (Fsp3) is 0.345.